The first kappa shape index (κ1) is 18.4. The van der Waals surface area contributed by atoms with Crippen LogP contribution >= 0.6 is 0 Å². The van der Waals surface area contributed by atoms with E-state index in [9.17, 15) is 0 Å². The molecule has 32 heavy (non-hydrogen) atoms. The minimum Gasteiger partial charge on any atom is -0.399 e. The fourth-order valence-electron chi connectivity index (χ4n) is 5.60. The summed E-state index contributed by atoms with van der Waals surface area (Å²) in [5.41, 5.74) is 3.14. The molecule has 5 aromatic carbocycles. The molecule has 1 heterocycles. The Kier molecular flexibility index (Phi) is 3.58. The third-order valence-electron chi connectivity index (χ3n) is 7.67. The average molecular weight is 414 g/mol. The van der Waals surface area contributed by atoms with Crippen molar-refractivity contribution in [2.45, 2.75) is 31.5 Å². The highest BCUT2D eigenvalue weighted by Crippen LogP contribution is 2.58. The van der Waals surface area contributed by atoms with Crippen molar-refractivity contribution in [3.05, 3.63) is 91.0 Å². The van der Waals surface area contributed by atoms with Crippen LogP contribution in [-0.2, 0) is 9.31 Å². The molecule has 1 saturated heterocycles. The molecule has 1 saturated carbocycles. The third-order valence-corrected chi connectivity index (χ3v) is 7.67. The van der Waals surface area contributed by atoms with Crippen molar-refractivity contribution in [2.75, 3.05) is 0 Å². The quantitative estimate of drug-likeness (QED) is 0.243. The molecule has 0 bridgehead atoms. The molecular formula is C29H23BO2. The lowest BCUT2D eigenvalue weighted by Gasteiger charge is -2.17. The second-order valence-corrected chi connectivity index (χ2v) is 9.64. The van der Waals surface area contributed by atoms with Crippen molar-refractivity contribution in [2.24, 2.45) is 0 Å². The summed E-state index contributed by atoms with van der Waals surface area (Å²) in [6.07, 6.45) is 0.966. The van der Waals surface area contributed by atoms with Gasteiger partial charge in [0.2, 0.25) is 0 Å². The summed E-state index contributed by atoms with van der Waals surface area (Å²) in [5.74, 6) is 0. The maximum Gasteiger partial charge on any atom is 0.495 e. The zero-order valence-electron chi connectivity index (χ0n) is 18.3. The van der Waals surface area contributed by atoms with Crippen LogP contribution < -0.4 is 5.46 Å². The highest BCUT2D eigenvalue weighted by Gasteiger charge is 2.71. The Morgan fingerprint density at radius 2 is 1.09 bits per heavy atom. The number of hydrogen-bond acceptors (Lipinski definition) is 2. The summed E-state index contributed by atoms with van der Waals surface area (Å²) < 4.78 is 12.7. The van der Waals surface area contributed by atoms with Gasteiger partial charge in [-0.25, -0.2) is 0 Å². The fraction of sp³-hybridized carbons (Fsp3) is 0.172. The van der Waals surface area contributed by atoms with Gasteiger partial charge in [0, 0.05) is 6.42 Å². The van der Waals surface area contributed by atoms with Gasteiger partial charge < -0.3 is 9.31 Å². The summed E-state index contributed by atoms with van der Waals surface area (Å²) in [6.45, 7) is 4.31. The molecule has 154 valence electrons. The van der Waals surface area contributed by atoms with E-state index in [1.165, 1.54) is 43.4 Å². The molecule has 2 atom stereocenters. The van der Waals surface area contributed by atoms with Crippen molar-refractivity contribution >= 4 is 44.9 Å². The van der Waals surface area contributed by atoms with E-state index in [0.29, 0.717) is 0 Å². The Balaban J connectivity index is 1.45. The minimum atomic E-state index is -0.320. The van der Waals surface area contributed by atoms with Crippen LogP contribution in [0.5, 0.6) is 0 Å². The molecule has 3 heteroatoms. The maximum atomic E-state index is 6.37. The van der Waals surface area contributed by atoms with Crippen LogP contribution in [0.15, 0.2) is 91.0 Å². The first-order chi connectivity index (χ1) is 15.6. The van der Waals surface area contributed by atoms with Gasteiger partial charge in [-0.2, -0.15) is 0 Å². The predicted molar refractivity (Wildman–Crippen MR) is 133 cm³/mol. The largest absolute Gasteiger partial charge is 0.495 e. The van der Waals surface area contributed by atoms with Gasteiger partial charge in [-0.3, -0.25) is 0 Å². The molecule has 0 amide bonds. The number of rotatable bonds is 2. The lowest BCUT2D eigenvalue weighted by atomic mass is 9.74. The molecule has 0 spiro atoms. The van der Waals surface area contributed by atoms with Gasteiger partial charge in [0.1, 0.15) is 0 Å². The van der Waals surface area contributed by atoms with Crippen LogP contribution in [0.3, 0.4) is 0 Å². The molecule has 0 radical (unpaired) electrons. The van der Waals surface area contributed by atoms with E-state index in [0.717, 1.165) is 11.9 Å². The maximum absolute atomic E-state index is 6.37. The molecule has 2 fully saturated rings. The van der Waals surface area contributed by atoms with E-state index in [1.807, 2.05) is 0 Å². The zero-order valence-corrected chi connectivity index (χ0v) is 18.3. The second kappa shape index (κ2) is 6.22. The summed E-state index contributed by atoms with van der Waals surface area (Å²) in [5, 5.41) is 7.75. The first-order valence-corrected chi connectivity index (χ1v) is 11.3. The second-order valence-electron chi connectivity index (χ2n) is 9.64. The van der Waals surface area contributed by atoms with E-state index in [-0.39, 0.29) is 18.3 Å². The average Bonchev–Trinajstić information content (AvgIpc) is 3.26. The van der Waals surface area contributed by atoms with Gasteiger partial charge in [0.25, 0.3) is 0 Å². The van der Waals surface area contributed by atoms with E-state index >= 15 is 0 Å². The summed E-state index contributed by atoms with van der Waals surface area (Å²) in [4.78, 5) is 0. The van der Waals surface area contributed by atoms with Crippen LogP contribution in [0, 0.1) is 0 Å². The molecule has 2 unspecified atom stereocenters. The molecule has 2 aliphatic rings. The number of benzene rings is 5. The van der Waals surface area contributed by atoms with Gasteiger partial charge in [-0.15, -0.1) is 0 Å². The van der Waals surface area contributed by atoms with Gasteiger partial charge in [-0.05, 0) is 68.8 Å². The van der Waals surface area contributed by atoms with Crippen molar-refractivity contribution in [3.8, 4) is 11.1 Å². The van der Waals surface area contributed by atoms with Crippen molar-refractivity contribution in [1.82, 2.24) is 0 Å². The lowest BCUT2D eigenvalue weighted by Crippen LogP contribution is -2.37. The molecule has 2 nitrogen and oxygen atoms in total. The number of fused-ring (bicyclic) bond motifs is 7. The molecule has 0 aromatic heterocycles. The minimum absolute atomic E-state index is 0.163. The smallest absolute Gasteiger partial charge is 0.399 e. The zero-order chi connectivity index (χ0) is 21.5. The van der Waals surface area contributed by atoms with Gasteiger partial charge in [-0.1, -0.05) is 84.9 Å². The lowest BCUT2D eigenvalue weighted by molar-refractivity contribution is 0.187. The van der Waals surface area contributed by atoms with Crippen LogP contribution in [0.1, 0.15) is 20.3 Å². The van der Waals surface area contributed by atoms with Crippen molar-refractivity contribution < 1.29 is 9.31 Å². The predicted octanol–water partition coefficient (Wildman–Crippen LogP) is 6.48. The molecular weight excluding hydrogens is 391 g/mol. The Morgan fingerprint density at radius 3 is 1.72 bits per heavy atom. The normalized spacial score (nSPS) is 24.4. The Labute approximate surface area is 187 Å². The standard InChI is InChI=1S/C29H23BO2/c1-28-18-29(28,2)32-30(31-28)27-14-8-7-9-20(27)19-15-16-25-23-12-4-3-10-21(23)22-11-5-6-13-24(22)26(25)17-19/h3-17H,18H2,1-2H3. The van der Waals surface area contributed by atoms with Gasteiger partial charge >= 0.3 is 7.12 Å². The van der Waals surface area contributed by atoms with Crippen LogP contribution in [-0.4, -0.2) is 18.3 Å². The fourth-order valence-corrected chi connectivity index (χ4v) is 5.60. The van der Waals surface area contributed by atoms with E-state index < -0.39 is 0 Å². The van der Waals surface area contributed by atoms with Gasteiger partial charge in [0.15, 0.2) is 0 Å². The SMILES string of the molecule is CC12CC1(C)OB(c1ccccc1-c1ccc3c4ccccc4c4ccccc4c3c1)O2. The summed E-state index contributed by atoms with van der Waals surface area (Å²) in [6, 6.07) is 32.8. The van der Waals surface area contributed by atoms with E-state index in [4.69, 9.17) is 9.31 Å². The van der Waals surface area contributed by atoms with Crippen LogP contribution in [0.25, 0.3) is 43.4 Å². The van der Waals surface area contributed by atoms with Crippen LogP contribution in [0.2, 0.25) is 0 Å². The van der Waals surface area contributed by atoms with E-state index in [1.54, 1.807) is 0 Å². The monoisotopic (exact) mass is 414 g/mol. The highest BCUT2D eigenvalue weighted by atomic mass is 16.7. The molecule has 5 aromatic rings. The first-order valence-electron chi connectivity index (χ1n) is 11.3. The van der Waals surface area contributed by atoms with Crippen molar-refractivity contribution in [1.29, 1.82) is 0 Å². The Bertz CT molecular complexity index is 1510. The van der Waals surface area contributed by atoms with Gasteiger partial charge in [0.05, 0.1) is 11.2 Å². The Morgan fingerprint density at radius 1 is 0.594 bits per heavy atom. The third kappa shape index (κ3) is 2.44. The van der Waals surface area contributed by atoms with Crippen molar-refractivity contribution in [3.63, 3.8) is 0 Å². The molecule has 0 N–H and O–H groups in total. The summed E-state index contributed by atoms with van der Waals surface area (Å²) in [7, 11) is -0.320. The topological polar surface area (TPSA) is 18.5 Å². The Hall–Kier alpha value is -3.14. The molecule has 7 rings (SSSR count). The highest BCUT2D eigenvalue weighted by molar-refractivity contribution is 6.64. The summed E-state index contributed by atoms with van der Waals surface area (Å²) >= 11 is 0. The van der Waals surface area contributed by atoms with E-state index in [2.05, 4.69) is 105 Å². The van der Waals surface area contributed by atoms with Crippen LogP contribution in [0.4, 0.5) is 0 Å². The molecule has 1 aliphatic carbocycles. The molecule has 1 aliphatic heterocycles. The number of hydrogen-bond donors (Lipinski definition) is 0.